The number of carbonyl (C=O) groups is 1. The Hall–Kier alpha value is -2.18. The van der Waals surface area contributed by atoms with Crippen LogP contribution < -0.4 is 0 Å². The predicted octanol–water partition coefficient (Wildman–Crippen LogP) is 3.97. The molecule has 122 valence electrons. The second kappa shape index (κ2) is 6.37. The summed E-state index contributed by atoms with van der Waals surface area (Å²) in [5, 5.41) is 6.70. The highest BCUT2D eigenvalue weighted by atomic mass is 35.5. The number of amides is 1. The number of benzene rings is 1. The highest BCUT2D eigenvalue weighted by Crippen LogP contribution is 2.31. The fourth-order valence-electron chi connectivity index (χ4n) is 2.83. The molecule has 1 atom stereocenters. The number of nitrogens with zero attached hydrogens (tertiary/aromatic N) is 3. The van der Waals surface area contributed by atoms with E-state index in [1.807, 2.05) is 41.8 Å². The van der Waals surface area contributed by atoms with Gasteiger partial charge in [-0.25, -0.2) is 0 Å². The molecule has 2 aromatic heterocycles. The molecule has 24 heavy (non-hydrogen) atoms. The Labute approximate surface area is 147 Å². The molecule has 0 radical (unpaired) electrons. The average molecular weight is 360 g/mol. The monoisotopic (exact) mass is 359 g/mol. The van der Waals surface area contributed by atoms with Crippen molar-refractivity contribution in [2.75, 3.05) is 6.54 Å². The fraction of sp³-hybridized carbons (Fsp3) is 0.235. The van der Waals surface area contributed by atoms with Crippen LogP contribution in [-0.4, -0.2) is 27.5 Å². The van der Waals surface area contributed by atoms with E-state index in [-0.39, 0.29) is 11.8 Å². The summed E-state index contributed by atoms with van der Waals surface area (Å²) in [5.74, 6) is 1.14. The van der Waals surface area contributed by atoms with Crippen LogP contribution in [0.1, 0.15) is 23.7 Å². The number of aromatic nitrogens is 2. The minimum Gasteiger partial charge on any atom is -0.338 e. The first-order valence-electron chi connectivity index (χ1n) is 7.59. The Balaban J connectivity index is 1.49. The molecule has 1 aliphatic rings. The Kier molecular flexibility index (Phi) is 4.08. The highest BCUT2D eigenvalue weighted by molar-refractivity contribution is 7.13. The molecule has 0 saturated carbocycles. The minimum atomic E-state index is -0.0440. The summed E-state index contributed by atoms with van der Waals surface area (Å²) < 4.78 is 5.33. The van der Waals surface area contributed by atoms with Crippen LogP contribution in [-0.2, 0) is 11.3 Å². The lowest BCUT2D eigenvalue weighted by atomic mass is 10.1. The normalized spacial score (nSPS) is 17.6. The van der Waals surface area contributed by atoms with E-state index in [4.69, 9.17) is 16.1 Å². The number of carbonyl (C=O) groups excluding carboxylic acids is 1. The van der Waals surface area contributed by atoms with Crippen molar-refractivity contribution in [3.8, 4) is 10.8 Å². The lowest BCUT2D eigenvalue weighted by molar-refractivity contribution is -0.128. The zero-order valence-electron chi connectivity index (χ0n) is 12.7. The smallest absolute Gasteiger partial charge is 0.267 e. The van der Waals surface area contributed by atoms with Gasteiger partial charge in [-0.05, 0) is 23.1 Å². The zero-order chi connectivity index (χ0) is 16.5. The standard InChI is InChI=1S/C17H14ClN3O2S/c18-13-5-2-1-4-11(13)9-21-10-12(8-15(21)22)16-19-17(23-20-16)14-6-3-7-24-14/h1-7,12H,8-10H2. The fourth-order valence-corrected chi connectivity index (χ4v) is 3.67. The van der Waals surface area contributed by atoms with Gasteiger partial charge in [-0.1, -0.05) is 41.0 Å². The third kappa shape index (κ3) is 2.95. The molecule has 0 spiro atoms. The first kappa shape index (κ1) is 15.4. The second-order valence-corrected chi connectivity index (χ2v) is 7.06. The topological polar surface area (TPSA) is 59.2 Å². The van der Waals surface area contributed by atoms with Gasteiger partial charge in [0.2, 0.25) is 5.91 Å². The number of hydrogen-bond donors (Lipinski definition) is 0. The zero-order valence-corrected chi connectivity index (χ0v) is 14.3. The van der Waals surface area contributed by atoms with Crippen LogP contribution in [0.25, 0.3) is 10.8 Å². The summed E-state index contributed by atoms with van der Waals surface area (Å²) in [5.41, 5.74) is 0.945. The number of hydrogen-bond acceptors (Lipinski definition) is 5. The van der Waals surface area contributed by atoms with Crippen LogP contribution in [0.4, 0.5) is 0 Å². The molecule has 7 heteroatoms. The molecule has 1 amide bonds. The minimum absolute atomic E-state index is 0.0440. The predicted molar refractivity (Wildman–Crippen MR) is 91.8 cm³/mol. The van der Waals surface area contributed by atoms with Gasteiger partial charge >= 0.3 is 0 Å². The van der Waals surface area contributed by atoms with Crippen LogP contribution in [0.5, 0.6) is 0 Å². The van der Waals surface area contributed by atoms with Crippen molar-refractivity contribution in [1.82, 2.24) is 15.0 Å². The number of rotatable bonds is 4. The lowest BCUT2D eigenvalue weighted by Crippen LogP contribution is -2.24. The van der Waals surface area contributed by atoms with Gasteiger partial charge in [0, 0.05) is 30.5 Å². The van der Waals surface area contributed by atoms with Crippen molar-refractivity contribution in [1.29, 1.82) is 0 Å². The maximum Gasteiger partial charge on any atom is 0.267 e. The maximum atomic E-state index is 12.3. The SMILES string of the molecule is O=C1CC(c2noc(-c3cccs3)n2)CN1Cc1ccccc1Cl. The van der Waals surface area contributed by atoms with Crippen molar-refractivity contribution in [2.24, 2.45) is 0 Å². The lowest BCUT2D eigenvalue weighted by Gasteiger charge is -2.16. The molecule has 0 bridgehead atoms. The van der Waals surface area contributed by atoms with Crippen molar-refractivity contribution < 1.29 is 9.32 Å². The largest absolute Gasteiger partial charge is 0.338 e. The summed E-state index contributed by atoms with van der Waals surface area (Å²) >= 11 is 7.74. The summed E-state index contributed by atoms with van der Waals surface area (Å²) in [6.45, 7) is 1.08. The van der Waals surface area contributed by atoms with Gasteiger partial charge in [-0.15, -0.1) is 11.3 Å². The van der Waals surface area contributed by atoms with Gasteiger partial charge in [0.25, 0.3) is 5.89 Å². The first-order valence-corrected chi connectivity index (χ1v) is 8.85. The molecular formula is C17H14ClN3O2S. The third-order valence-corrected chi connectivity index (χ3v) is 5.30. The van der Waals surface area contributed by atoms with Crippen LogP contribution >= 0.6 is 22.9 Å². The van der Waals surface area contributed by atoms with Crippen LogP contribution in [0.2, 0.25) is 5.02 Å². The van der Waals surface area contributed by atoms with Gasteiger partial charge in [0.05, 0.1) is 4.88 Å². The number of likely N-dealkylation sites (tertiary alicyclic amines) is 1. The van der Waals surface area contributed by atoms with Crippen molar-refractivity contribution in [3.63, 3.8) is 0 Å². The van der Waals surface area contributed by atoms with Gasteiger partial charge < -0.3 is 9.42 Å². The summed E-state index contributed by atoms with van der Waals surface area (Å²) in [6, 6.07) is 11.4. The Morgan fingerprint density at radius 2 is 2.17 bits per heavy atom. The molecule has 1 saturated heterocycles. The number of thiophene rings is 1. The van der Waals surface area contributed by atoms with Crippen molar-refractivity contribution in [3.05, 3.63) is 58.2 Å². The summed E-state index contributed by atoms with van der Waals surface area (Å²) in [6.07, 6.45) is 0.397. The van der Waals surface area contributed by atoms with E-state index in [1.54, 1.807) is 16.2 Å². The van der Waals surface area contributed by atoms with E-state index >= 15 is 0 Å². The van der Waals surface area contributed by atoms with Crippen molar-refractivity contribution in [2.45, 2.75) is 18.9 Å². The van der Waals surface area contributed by atoms with E-state index in [0.29, 0.717) is 36.2 Å². The van der Waals surface area contributed by atoms with Gasteiger partial charge in [-0.3, -0.25) is 4.79 Å². The maximum absolute atomic E-state index is 12.3. The van der Waals surface area contributed by atoms with Crippen LogP contribution in [0.15, 0.2) is 46.3 Å². The van der Waals surface area contributed by atoms with Gasteiger partial charge in [-0.2, -0.15) is 4.98 Å². The molecule has 1 fully saturated rings. The molecule has 0 aliphatic carbocycles. The molecule has 1 aromatic carbocycles. The second-order valence-electron chi connectivity index (χ2n) is 5.70. The Morgan fingerprint density at radius 3 is 2.96 bits per heavy atom. The molecule has 5 nitrogen and oxygen atoms in total. The van der Waals surface area contributed by atoms with Crippen LogP contribution in [0, 0.1) is 0 Å². The Morgan fingerprint density at radius 1 is 1.29 bits per heavy atom. The van der Waals surface area contributed by atoms with Crippen molar-refractivity contribution >= 4 is 28.8 Å². The first-order chi connectivity index (χ1) is 11.7. The van der Waals surface area contributed by atoms with Gasteiger partial charge in [0.15, 0.2) is 5.82 Å². The van der Waals surface area contributed by atoms with E-state index in [0.717, 1.165) is 10.4 Å². The molecule has 1 aliphatic heterocycles. The quantitative estimate of drug-likeness (QED) is 0.707. The molecule has 3 heterocycles. The summed E-state index contributed by atoms with van der Waals surface area (Å²) in [4.78, 5) is 19.5. The van der Waals surface area contributed by atoms with Crippen LogP contribution in [0.3, 0.4) is 0 Å². The number of halogens is 1. The molecule has 3 aromatic rings. The van der Waals surface area contributed by atoms with E-state index < -0.39 is 0 Å². The van der Waals surface area contributed by atoms with E-state index in [2.05, 4.69) is 10.1 Å². The molecular weight excluding hydrogens is 346 g/mol. The average Bonchev–Trinajstić information content (AvgIpc) is 3.30. The van der Waals surface area contributed by atoms with Gasteiger partial charge in [0.1, 0.15) is 0 Å². The molecule has 4 rings (SSSR count). The third-order valence-electron chi connectivity index (χ3n) is 4.07. The van der Waals surface area contributed by atoms with E-state index in [1.165, 1.54) is 0 Å². The highest BCUT2D eigenvalue weighted by Gasteiger charge is 2.34. The summed E-state index contributed by atoms with van der Waals surface area (Å²) in [7, 11) is 0. The molecule has 1 unspecified atom stereocenters. The Bertz CT molecular complexity index is 862. The molecule has 0 N–H and O–H groups in total. The van der Waals surface area contributed by atoms with E-state index in [9.17, 15) is 4.79 Å².